The zero-order valence-corrected chi connectivity index (χ0v) is 9.86. The summed E-state index contributed by atoms with van der Waals surface area (Å²) in [7, 11) is 1.94. The Morgan fingerprint density at radius 3 is 2.94 bits per heavy atom. The van der Waals surface area contributed by atoms with Crippen LogP contribution in [0, 0.1) is 0 Å². The highest BCUT2D eigenvalue weighted by Gasteiger charge is 2.13. The van der Waals surface area contributed by atoms with E-state index in [1.807, 2.05) is 42.9 Å². The predicted molar refractivity (Wildman–Crippen MR) is 63.5 cm³/mol. The number of halogens is 1. The highest BCUT2D eigenvalue weighted by molar-refractivity contribution is 6.31. The van der Waals surface area contributed by atoms with Crippen LogP contribution in [0.25, 0.3) is 10.9 Å². The SMILES string of the molecule is CC(OC=O)c1cn(C)c2cc(Cl)ccc12. The van der Waals surface area contributed by atoms with Crippen LogP contribution in [0.2, 0.25) is 5.02 Å². The fourth-order valence-electron chi connectivity index (χ4n) is 1.87. The second-order valence-corrected chi connectivity index (χ2v) is 4.17. The van der Waals surface area contributed by atoms with Crippen molar-refractivity contribution in [3.05, 3.63) is 35.0 Å². The summed E-state index contributed by atoms with van der Waals surface area (Å²) >= 11 is 5.94. The predicted octanol–water partition coefficient (Wildman–Crippen LogP) is 3.07. The van der Waals surface area contributed by atoms with Gasteiger partial charge in [-0.25, -0.2) is 0 Å². The van der Waals surface area contributed by atoms with Crippen molar-refractivity contribution in [2.24, 2.45) is 7.05 Å². The fourth-order valence-corrected chi connectivity index (χ4v) is 2.04. The van der Waals surface area contributed by atoms with Crippen molar-refractivity contribution in [2.45, 2.75) is 13.0 Å². The van der Waals surface area contributed by atoms with Crippen molar-refractivity contribution in [1.29, 1.82) is 0 Å². The van der Waals surface area contributed by atoms with E-state index < -0.39 is 0 Å². The summed E-state index contributed by atoms with van der Waals surface area (Å²) in [6, 6.07) is 5.67. The molecule has 3 nitrogen and oxygen atoms in total. The van der Waals surface area contributed by atoms with Gasteiger partial charge in [0, 0.05) is 34.7 Å². The van der Waals surface area contributed by atoms with Gasteiger partial charge in [0.1, 0.15) is 6.10 Å². The van der Waals surface area contributed by atoms with Crippen molar-refractivity contribution in [1.82, 2.24) is 4.57 Å². The lowest BCUT2D eigenvalue weighted by Crippen LogP contribution is -1.96. The van der Waals surface area contributed by atoms with Gasteiger partial charge < -0.3 is 9.30 Å². The standard InChI is InChI=1S/C12H12ClNO2/c1-8(16-7-15)11-6-14(2)12-5-9(13)3-4-10(11)12/h3-8H,1-2H3. The summed E-state index contributed by atoms with van der Waals surface area (Å²) in [6.07, 6.45) is 1.71. The lowest BCUT2D eigenvalue weighted by molar-refractivity contribution is -0.133. The lowest BCUT2D eigenvalue weighted by atomic mass is 10.1. The summed E-state index contributed by atoms with van der Waals surface area (Å²) in [5, 5.41) is 1.76. The van der Waals surface area contributed by atoms with E-state index in [4.69, 9.17) is 16.3 Å². The Kier molecular flexibility index (Phi) is 2.88. The van der Waals surface area contributed by atoms with Crippen LogP contribution in [0.15, 0.2) is 24.4 Å². The second kappa shape index (κ2) is 4.18. The molecule has 0 aliphatic rings. The smallest absolute Gasteiger partial charge is 0.293 e. The van der Waals surface area contributed by atoms with Crippen LogP contribution in [-0.2, 0) is 16.6 Å². The Morgan fingerprint density at radius 2 is 2.25 bits per heavy atom. The van der Waals surface area contributed by atoms with Gasteiger partial charge in [-0.05, 0) is 19.1 Å². The molecule has 1 heterocycles. The normalized spacial score (nSPS) is 12.7. The van der Waals surface area contributed by atoms with E-state index in [0.717, 1.165) is 16.5 Å². The third-order valence-electron chi connectivity index (χ3n) is 2.68. The van der Waals surface area contributed by atoms with E-state index in [9.17, 15) is 4.79 Å². The second-order valence-electron chi connectivity index (χ2n) is 3.73. The summed E-state index contributed by atoms with van der Waals surface area (Å²) in [5.41, 5.74) is 2.02. The van der Waals surface area contributed by atoms with Gasteiger partial charge in [0.05, 0.1) is 0 Å². The lowest BCUT2D eigenvalue weighted by Gasteiger charge is -2.07. The molecule has 0 saturated heterocycles. The molecule has 0 amide bonds. The van der Waals surface area contributed by atoms with Gasteiger partial charge in [-0.3, -0.25) is 4.79 Å². The molecular weight excluding hydrogens is 226 g/mol. The van der Waals surface area contributed by atoms with E-state index in [0.29, 0.717) is 11.5 Å². The largest absolute Gasteiger partial charge is 0.460 e. The maximum Gasteiger partial charge on any atom is 0.293 e. The molecule has 0 N–H and O–H groups in total. The third kappa shape index (κ3) is 1.78. The molecule has 16 heavy (non-hydrogen) atoms. The minimum atomic E-state index is -0.248. The van der Waals surface area contributed by atoms with Crippen molar-refractivity contribution in [3.63, 3.8) is 0 Å². The monoisotopic (exact) mass is 237 g/mol. The van der Waals surface area contributed by atoms with Gasteiger partial charge in [0.2, 0.25) is 0 Å². The summed E-state index contributed by atoms with van der Waals surface area (Å²) in [6.45, 7) is 2.32. The fraction of sp³-hybridized carbons (Fsp3) is 0.250. The van der Waals surface area contributed by atoms with E-state index in [-0.39, 0.29) is 6.10 Å². The molecule has 0 bridgehead atoms. The average molecular weight is 238 g/mol. The van der Waals surface area contributed by atoms with Gasteiger partial charge in [-0.1, -0.05) is 17.7 Å². The summed E-state index contributed by atoms with van der Waals surface area (Å²) in [5.74, 6) is 0. The number of rotatable bonds is 3. The van der Waals surface area contributed by atoms with E-state index >= 15 is 0 Å². The van der Waals surface area contributed by atoms with Gasteiger partial charge in [-0.15, -0.1) is 0 Å². The topological polar surface area (TPSA) is 31.2 Å². The van der Waals surface area contributed by atoms with Gasteiger partial charge in [-0.2, -0.15) is 0 Å². The third-order valence-corrected chi connectivity index (χ3v) is 2.92. The molecule has 0 aliphatic heterocycles. The first-order chi connectivity index (χ1) is 7.63. The number of hydrogen-bond donors (Lipinski definition) is 0. The van der Waals surface area contributed by atoms with E-state index in [1.165, 1.54) is 0 Å². The van der Waals surface area contributed by atoms with Crippen LogP contribution in [0.1, 0.15) is 18.6 Å². The first kappa shape index (κ1) is 11.0. The molecule has 0 spiro atoms. The van der Waals surface area contributed by atoms with Crippen LogP contribution in [-0.4, -0.2) is 11.0 Å². The number of nitrogens with zero attached hydrogens (tertiary/aromatic N) is 1. The molecule has 1 atom stereocenters. The molecule has 2 aromatic rings. The van der Waals surface area contributed by atoms with Crippen molar-refractivity contribution in [3.8, 4) is 0 Å². The number of fused-ring (bicyclic) bond motifs is 1. The number of carbonyl (C=O) groups is 1. The maximum absolute atomic E-state index is 10.3. The van der Waals surface area contributed by atoms with Crippen LogP contribution in [0.3, 0.4) is 0 Å². The number of aryl methyl sites for hydroxylation is 1. The van der Waals surface area contributed by atoms with Gasteiger partial charge in [0.25, 0.3) is 6.47 Å². The summed E-state index contributed by atoms with van der Waals surface area (Å²) < 4.78 is 6.93. The van der Waals surface area contributed by atoms with E-state index in [2.05, 4.69) is 0 Å². The molecule has 1 aromatic carbocycles. The first-order valence-corrected chi connectivity index (χ1v) is 5.35. The minimum Gasteiger partial charge on any atom is -0.460 e. The van der Waals surface area contributed by atoms with Crippen molar-refractivity contribution < 1.29 is 9.53 Å². The van der Waals surface area contributed by atoms with Gasteiger partial charge in [0.15, 0.2) is 0 Å². The van der Waals surface area contributed by atoms with E-state index in [1.54, 1.807) is 0 Å². The molecule has 0 radical (unpaired) electrons. The Morgan fingerprint density at radius 1 is 1.50 bits per heavy atom. The van der Waals surface area contributed by atoms with Crippen LogP contribution in [0.5, 0.6) is 0 Å². The van der Waals surface area contributed by atoms with Crippen molar-refractivity contribution in [2.75, 3.05) is 0 Å². The zero-order chi connectivity index (χ0) is 11.7. The molecule has 0 fully saturated rings. The Hall–Kier alpha value is -1.48. The Balaban J connectivity index is 2.59. The van der Waals surface area contributed by atoms with Crippen molar-refractivity contribution >= 4 is 29.0 Å². The number of hydrogen-bond acceptors (Lipinski definition) is 2. The average Bonchev–Trinajstić information content (AvgIpc) is 2.56. The molecule has 84 valence electrons. The molecule has 0 aliphatic carbocycles. The number of benzene rings is 1. The quantitative estimate of drug-likeness (QED) is 0.769. The summed E-state index contributed by atoms with van der Waals surface area (Å²) in [4.78, 5) is 10.3. The minimum absolute atomic E-state index is 0.248. The number of aromatic nitrogens is 1. The highest BCUT2D eigenvalue weighted by Crippen LogP contribution is 2.29. The first-order valence-electron chi connectivity index (χ1n) is 4.97. The molecule has 1 unspecified atom stereocenters. The molecular formula is C12H12ClNO2. The Labute approximate surface area is 98.6 Å². The maximum atomic E-state index is 10.3. The number of ether oxygens (including phenoxy) is 1. The van der Waals surface area contributed by atoms with Gasteiger partial charge >= 0.3 is 0 Å². The molecule has 0 saturated carbocycles. The zero-order valence-electron chi connectivity index (χ0n) is 9.11. The molecule has 4 heteroatoms. The van der Waals surface area contributed by atoms with Crippen LogP contribution < -0.4 is 0 Å². The van der Waals surface area contributed by atoms with Crippen LogP contribution in [0.4, 0.5) is 0 Å². The Bertz CT molecular complexity index is 533. The highest BCUT2D eigenvalue weighted by atomic mass is 35.5. The molecule has 1 aromatic heterocycles. The van der Waals surface area contributed by atoms with Crippen LogP contribution >= 0.6 is 11.6 Å². The number of carbonyl (C=O) groups excluding carboxylic acids is 1. The molecule has 2 rings (SSSR count).